The maximum absolute atomic E-state index is 12.2. The van der Waals surface area contributed by atoms with E-state index >= 15 is 0 Å². The lowest BCUT2D eigenvalue weighted by atomic mass is 10.2. The molecule has 0 aliphatic rings. The SMILES string of the molecule is O=C(NN=Cc1cc([N+](=O)[O-])ccc1O)c1cc2cc([N+](=O)[O-])ccc2s1. The first kappa shape index (κ1) is 17.9. The van der Waals surface area contributed by atoms with Crippen molar-refractivity contribution in [1.82, 2.24) is 5.43 Å². The Hall–Kier alpha value is -3.86. The first-order valence-electron chi connectivity index (χ1n) is 7.34. The molecule has 11 heteroatoms. The van der Waals surface area contributed by atoms with Crippen LogP contribution in [0.15, 0.2) is 47.6 Å². The fourth-order valence-electron chi connectivity index (χ4n) is 2.23. The number of non-ortho nitro benzene ring substituents is 2. The number of nitro groups is 2. The topological polar surface area (TPSA) is 148 Å². The number of carbonyl (C=O) groups is 1. The van der Waals surface area contributed by atoms with E-state index in [1.54, 1.807) is 6.07 Å². The number of nitrogens with zero attached hydrogens (tertiary/aromatic N) is 3. The third-order valence-electron chi connectivity index (χ3n) is 3.53. The molecular formula is C16H10N4O6S. The smallest absolute Gasteiger partial charge is 0.281 e. The summed E-state index contributed by atoms with van der Waals surface area (Å²) in [5.74, 6) is -0.784. The molecule has 1 heterocycles. The zero-order chi connectivity index (χ0) is 19.6. The van der Waals surface area contributed by atoms with Gasteiger partial charge < -0.3 is 5.11 Å². The Bertz CT molecular complexity index is 1110. The highest BCUT2D eigenvalue weighted by Gasteiger charge is 2.13. The molecule has 0 bridgehead atoms. The van der Waals surface area contributed by atoms with E-state index in [0.717, 1.165) is 35.8 Å². The van der Waals surface area contributed by atoms with Gasteiger partial charge in [0.15, 0.2) is 0 Å². The third kappa shape index (κ3) is 3.88. The molecule has 0 unspecified atom stereocenters. The zero-order valence-corrected chi connectivity index (χ0v) is 14.2. The number of phenols is 1. The van der Waals surface area contributed by atoms with Crippen molar-refractivity contribution in [2.75, 3.05) is 0 Å². The molecule has 1 aromatic heterocycles. The number of hydrazone groups is 1. The van der Waals surface area contributed by atoms with Gasteiger partial charge in [-0.05, 0) is 18.2 Å². The van der Waals surface area contributed by atoms with E-state index in [0.29, 0.717) is 10.1 Å². The van der Waals surface area contributed by atoms with Gasteiger partial charge in [-0.1, -0.05) is 0 Å². The second-order valence-corrected chi connectivity index (χ2v) is 6.37. The van der Waals surface area contributed by atoms with E-state index in [4.69, 9.17) is 0 Å². The summed E-state index contributed by atoms with van der Waals surface area (Å²) in [4.78, 5) is 32.9. The van der Waals surface area contributed by atoms with E-state index in [9.17, 15) is 30.1 Å². The quantitative estimate of drug-likeness (QED) is 0.391. The van der Waals surface area contributed by atoms with Crippen LogP contribution in [0.5, 0.6) is 5.75 Å². The molecule has 0 aliphatic heterocycles. The molecule has 0 fully saturated rings. The standard InChI is InChI=1S/C16H10N4O6S/c21-13-3-1-11(19(23)24)6-10(13)8-17-18-16(22)15-7-9-5-12(20(25)26)2-4-14(9)27-15/h1-8,21H,(H,18,22). The molecule has 10 nitrogen and oxygen atoms in total. The first-order valence-corrected chi connectivity index (χ1v) is 8.15. The fraction of sp³-hybridized carbons (Fsp3) is 0. The van der Waals surface area contributed by atoms with Crippen LogP contribution in [-0.4, -0.2) is 27.1 Å². The van der Waals surface area contributed by atoms with Crippen LogP contribution in [0.25, 0.3) is 10.1 Å². The van der Waals surface area contributed by atoms with Crippen molar-refractivity contribution in [3.63, 3.8) is 0 Å². The summed E-state index contributed by atoms with van der Waals surface area (Å²) in [6.07, 6.45) is 1.08. The number of thiophene rings is 1. The normalized spacial score (nSPS) is 11.0. The van der Waals surface area contributed by atoms with Crippen LogP contribution in [0, 0.1) is 20.2 Å². The molecular weight excluding hydrogens is 376 g/mol. The van der Waals surface area contributed by atoms with Crippen LogP contribution >= 0.6 is 11.3 Å². The largest absolute Gasteiger partial charge is 0.507 e. The van der Waals surface area contributed by atoms with E-state index in [2.05, 4.69) is 10.5 Å². The predicted octanol–water partition coefficient (Wildman–Crippen LogP) is 3.19. The van der Waals surface area contributed by atoms with E-state index < -0.39 is 15.8 Å². The lowest BCUT2D eigenvalue weighted by Crippen LogP contribution is -2.16. The number of rotatable bonds is 5. The average molecular weight is 386 g/mol. The summed E-state index contributed by atoms with van der Waals surface area (Å²) in [5.41, 5.74) is 2.01. The number of hydrogen-bond donors (Lipinski definition) is 2. The molecule has 0 saturated carbocycles. The van der Waals surface area contributed by atoms with Crippen molar-refractivity contribution in [1.29, 1.82) is 0 Å². The molecule has 136 valence electrons. The molecule has 27 heavy (non-hydrogen) atoms. The summed E-state index contributed by atoms with van der Waals surface area (Å²) < 4.78 is 0.700. The van der Waals surface area contributed by atoms with Gasteiger partial charge in [-0.15, -0.1) is 11.3 Å². The highest BCUT2D eigenvalue weighted by molar-refractivity contribution is 7.20. The van der Waals surface area contributed by atoms with E-state index in [1.807, 2.05) is 0 Å². The number of aromatic hydroxyl groups is 1. The van der Waals surface area contributed by atoms with Crippen molar-refractivity contribution in [2.45, 2.75) is 0 Å². The Morgan fingerprint density at radius 2 is 1.74 bits per heavy atom. The molecule has 0 aliphatic carbocycles. The fourth-order valence-corrected chi connectivity index (χ4v) is 3.16. The van der Waals surface area contributed by atoms with Crippen molar-refractivity contribution in [3.05, 3.63) is 73.1 Å². The van der Waals surface area contributed by atoms with Crippen LogP contribution in [0.2, 0.25) is 0 Å². The molecule has 0 spiro atoms. The van der Waals surface area contributed by atoms with Gasteiger partial charge in [0.1, 0.15) is 5.75 Å². The van der Waals surface area contributed by atoms with E-state index in [-0.39, 0.29) is 27.6 Å². The van der Waals surface area contributed by atoms with Gasteiger partial charge in [0.05, 0.1) is 20.9 Å². The maximum Gasteiger partial charge on any atom is 0.281 e. The number of amides is 1. The molecule has 3 aromatic rings. The minimum absolute atomic E-state index is 0.0662. The van der Waals surface area contributed by atoms with Crippen molar-refractivity contribution >= 4 is 44.9 Å². The Balaban J connectivity index is 1.77. The van der Waals surface area contributed by atoms with Gasteiger partial charge in [-0.25, -0.2) is 5.43 Å². The second-order valence-electron chi connectivity index (χ2n) is 5.29. The Labute approximate surface area is 154 Å². The highest BCUT2D eigenvalue weighted by Crippen LogP contribution is 2.29. The van der Waals surface area contributed by atoms with Gasteiger partial charge in [0.2, 0.25) is 0 Å². The van der Waals surface area contributed by atoms with Crippen LogP contribution in [0.4, 0.5) is 11.4 Å². The minimum atomic E-state index is -0.619. The summed E-state index contributed by atoms with van der Waals surface area (Å²) in [6.45, 7) is 0. The number of fused-ring (bicyclic) bond motifs is 1. The molecule has 1 amide bonds. The minimum Gasteiger partial charge on any atom is -0.507 e. The summed E-state index contributed by atoms with van der Waals surface area (Å²) >= 11 is 1.13. The van der Waals surface area contributed by atoms with Crippen LogP contribution in [-0.2, 0) is 0 Å². The average Bonchev–Trinajstić information content (AvgIpc) is 3.06. The van der Waals surface area contributed by atoms with Crippen molar-refractivity contribution in [2.24, 2.45) is 5.10 Å². The van der Waals surface area contributed by atoms with Gasteiger partial charge in [0.25, 0.3) is 17.3 Å². The molecule has 0 radical (unpaired) electrons. The Morgan fingerprint density at radius 3 is 2.44 bits per heavy atom. The van der Waals surface area contributed by atoms with Crippen molar-refractivity contribution < 1.29 is 19.7 Å². The molecule has 2 aromatic carbocycles. The predicted molar refractivity (Wildman–Crippen MR) is 98.3 cm³/mol. The third-order valence-corrected chi connectivity index (χ3v) is 4.64. The Morgan fingerprint density at radius 1 is 1.07 bits per heavy atom. The molecule has 0 saturated heterocycles. The highest BCUT2D eigenvalue weighted by atomic mass is 32.1. The number of nitro benzene ring substituents is 2. The number of hydrogen-bond acceptors (Lipinski definition) is 8. The lowest BCUT2D eigenvalue weighted by Gasteiger charge is -1.99. The van der Waals surface area contributed by atoms with E-state index in [1.165, 1.54) is 18.2 Å². The number of nitrogens with one attached hydrogen (secondary N) is 1. The number of phenolic OH excluding ortho intramolecular Hbond substituents is 1. The van der Waals surface area contributed by atoms with Crippen LogP contribution < -0.4 is 5.43 Å². The summed E-state index contributed by atoms with van der Waals surface area (Å²) in [7, 11) is 0. The van der Waals surface area contributed by atoms with Crippen molar-refractivity contribution in [3.8, 4) is 5.75 Å². The number of benzene rings is 2. The van der Waals surface area contributed by atoms with Gasteiger partial charge in [-0.3, -0.25) is 25.0 Å². The molecule has 3 rings (SSSR count). The van der Waals surface area contributed by atoms with Crippen LogP contribution in [0.3, 0.4) is 0 Å². The summed E-state index contributed by atoms with van der Waals surface area (Å²) in [6, 6.07) is 9.18. The monoisotopic (exact) mass is 386 g/mol. The number of carbonyl (C=O) groups excluding carboxylic acids is 1. The first-order chi connectivity index (χ1) is 12.8. The van der Waals surface area contributed by atoms with Gasteiger partial charge >= 0.3 is 0 Å². The molecule has 2 N–H and O–H groups in total. The summed E-state index contributed by atoms with van der Waals surface area (Å²) in [5, 5.41) is 35.5. The zero-order valence-electron chi connectivity index (χ0n) is 13.4. The van der Waals surface area contributed by atoms with Gasteiger partial charge in [-0.2, -0.15) is 5.10 Å². The maximum atomic E-state index is 12.2. The Kier molecular flexibility index (Phi) is 4.77. The lowest BCUT2D eigenvalue weighted by molar-refractivity contribution is -0.385. The second kappa shape index (κ2) is 7.17. The van der Waals surface area contributed by atoms with Crippen LogP contribution in [0.1, 0.15) is 15.2 Å². The van der Waals surface area contributed by atoms with Gasteiger partial charge in [0, 0.05) is 39.9 Å². The molecule has 0 atom stereocenters.